The maximum atomic E-state index is 13.3. The number of halogens is 1. The molecule has 0 aliphatic heterocycles. The van der Waals surface area contributed by atoms with Gasteiger partial charge in [0.15, 0.2) is 0 Å². The van der Waals surface area contributed by atoms with Crippen molar-refractivity contribution in [1.82, 2.24) is 15.1 Å². The lowest BCUT2D eigenvalue weighted by Crippen LogP contribution is -2.27. The van der Waals surface area contributed by atoms with Crippen LogP contribution in [-0.2, 0) is 4.74 Å². The van der Waals surface area contributed by atoms with Crippen molar-refractivity contribution in [2.75, 3.05) is 27.4 Å². The number of rotatable bonds is 8. The first-order valence-electron chi connectivity index (χ1n) is 8.90. The quantitative estimate of drug-likeness (QED) is 0.605. The summed E-state index contributed by atoms with van der Waals surface area (Å²) in [5.74, 6) is 0.0796. The van der Waals surface area contributed by atoms with Gasteiger partial charge in [0.1, 0.15) is 17.3 Å². The van der Waals surface area contributed by atoms with Crippen LogP contribution >= 0.6 is 0 Å². The van der Waals surface area contributed by atoms with Crippen molar-refractivity contribution < 1.29 is 18.7 Å². The van der Waals surface area contributed by atoms with E-state index in [0.717, 1.165) is 5.56 Å². The third kappa shape index (κ3) is 4.55. The highest BCUT2D eigenvalue weighted by molar-refractivity contribution is 5.94. The zero-order chi connectivity index (χ0) is 19.9. The monoisotopic (exact) mass is 383 g/mol. The van der Waals surface area contributed by atoms with Crippen molar-refractivity contribution in [1.29, 1.82) is 0 Å². The zero-order valence-corrected chi connectivity index (χ0v) is 15.8. The summed E-state index contributed by atoms with van der Waals surface area (Å²) < 4.78 is 25.1. The topological polar surface area (TPSA) is 65.4 Å². The van der Waals surface area contributed by atoms with Gasteiger partial charge in [-0.25, -0.2) is 9.07 Å². The van der Waals surface area contributed by atoms with Crippen molar-refractivity contribution in [3.05, 3.63) is 66.1 Å². The minimum Gasteiger partial charge on any atom is -0.497 e. The third-order valence-corrected chi connectivity index (χ3v) is 4.19. The molecular weight excluding hydrogens is 361 g/mol. The number of aromatic nitrogens is 2. The van der Waals surface area contributed by atoms with Gasteiger partial charge in [-0.2, -0.15) is 5.10 Å². The average molecular weight is 383 g/mol. The van der Waals surface area contributed by atoms with Crippen LogP contribution in [0.25, 0.3) is 16.9 Å². The van der Waals surface area contributed by atoms with Crippen molar-refractivity contribution in [2.45, 2.75) is 6.42 Å². The Morgan fingerprint density at radius 1 is 1.14 bits per heavy atom. The first kappa shape index (κ1) is 19.6. The Labute approximate surface area is 162 Å². The van der Waals surface area contributed by atoms with Gasteiger partial charge >= 0.3 is 0 Å². The van der Waals surface area contributed by atoms with Crippen LogP contribution in [0.3, 0.4) is 0 Å². The lowest BCUT2D eigenvalue weighted by atomic mass is 10.1. The van der Waals surface area contributed by atoms with E-state index in [-0.39, 0.29) is 11.7 Å². The summed E-state index contributed by atoms with van der Waals surface area (Å²) in [5.41, 5.74) is 2.39. The standard InChI is InChI=1S/C21H22FN3O3/c1-27-12-4-11-23-21(26)20-14-19(15-5-3-6-18(13-15)28-2)24-25(20)17-9-7-16(22)8-10-17/h3,5-10,13-14H,4,11-12H2,1-2H3,(H,23,26). The Bertz CT molecular complexity index is 938. The van der Waals surface area contributed by atoms with Gasteiger partial charge in [0.05, 0.1) is 18.5 Å². The second-order valence-corrected chi connectivity index (χ2v) is 6.14. The van der Waals surface area contributed by atoms with E-state index in [1.54, 1.807) is 32.4 Å². The number of carbonyl (C=O) groups is 1. The van der Waals surface area contributed by atoms with Gasteiger partial charge in [0.2, 0.25) is 0 Å². The largest absolute Gasteiger partial charge is 0.497 e. The second kappa shape index (κ2) is 9.14. The van der Waals surface area contributed by atoms with E-state index in [2.05, 4.69) is 10.4 Å². The van der Waals surface area contributed by atoms with Crippen LogP contribution in [0.15, 0.2) is 54.6 Å². The molecule has 1 N–H and O–H groups in total. The minimum atomic E-state index is -0.352. The Balaban J connectivity index is 1.96. The van der Waals surface area contributed by atoms with E-state index in [0.29, 0.717) is 42.4 Å². The number of hydrogen-bond donors (Lipinski definition) is 1. The van der Waals surface area contributed by atoms with Crippen molar-refractivity contribution >= 4 is 5.91 Å². The number of nitrogens with zero attached hydrogens (tertiary/aromatic N) is 2. The molecule has 0 fully saturated rings. The molecule has 28 heavy (non-hydrogen) atoms. The van der Waals surface area contributed by atoms with Crippen LogP contribution < -0.4 is 10.1 Å². The molecule has 0 saturated heterocycles. The summed E-state index contributed by atoms with van der Waals surface area (Å²) in [4.78, 5) is 12.7. The Hall–Kier alpha value is -3.19. The van der Waals surface area contributed by atoms with Gasteiger partial charge in [-0.3, -0.25) is 4.79 Å². The van der Waals surface area contributed by atoms with Gasteiger partial charge in [0, 0.05) is 25.8 Å². The average Bonchev–Trinajstić information content (AvgIpc) is 3.17. The number of benzene rings is 2. The van der Waals surface area contributed by atoms with Crippen molar-refractivity contribution in [3.8, 4) is 22.7 Å². The van der Waals surface area contributed by atoms with Crippen molar-refractivity contribution in [2.24, 2.45) is 0 Å². The fraction of sp³-hybridized carbons (Fsp3) is 0.238. The summed E-state index contributed by atoms with van der Waals surface area (Å²) in [5, 5.41) is 7.44. The second-order valence-electron chi connectivity index (χ2n) is 6.14. The summed E-state index contributed by atoms with van der Waals surface area (Å²) >= 11 is 0. The van der Waals surface area contributed by atoms with E-state index in [9.17, 15) is 9.18 Å². The van der Waals surface area contributed by atoms with Crippen LogP contribution in [0.4, 0.5) is 4.39 Å². The van der Waals surface area contributed by atoms with Crippen LogP contribution in [-0.4, -0.2) is 43.1 Å². The predicted molar refractivity (Wildman–Crippen MR) is 104 cm³/mol. The molecule has 1 amide bonds. The van der Waals surface area contributed by atoms with Crippen molar-refractivity contribution in [3.63, 3.8) is 0 Å². The number of ether oxygens (including phenoxy) is 2. The molecule has 0 unspecified atom stereocenters. The summed E-state index contributed by atoms with van der Waals surface area (Å²) in [7, 11) is 3.21. The van der Waals surface area contributed by atoms with Gasteiger partial charge in [0.25, 0.3) is 5.91 Å². The molecule has 1 aromatic heterocycles. The molecule has 7 heteroatoms. The first-order valence-corrected chi connectivity index (χ1v) is 8.90. The first-order chi connectivity index (χ1) is 13.6. The highest BCUT2D eigenvalue weighted by Gasteiger charge is 2.18. The van der Waals surface area contributed by atoms with Crippen LogP contribution in [0, 0.1) is 5.82 Å². The van der Waals surface area contributed by atoms with Gasteiger partial charge < -0.3 is 14.8 Å². The maximum Gasteiger partial charge on any atom is 0.270 e. The normalized spacial score (nSPS) is 10.7. The van der Waals surface area contributed by atoms with Crippen LogP contribution in [0.2, 0.25) is 0 Å². The zero-order valence-electron chi connectivity index (χ0n) is 15.8. The van der Waals surface area contributed by atoms with E-state index >= 15 is 0 Å². The van der Waals surface area contributed by atoms with E-state index in [4.69, 9.17) is 9.47 Å². The highest BCUT2D eigenvalue weighted by atomic mass is 19.1. The molecule has 3 aromatic rings. The SMILES string of the molecule is COCCCNC(=O)c1cc(-c2cccc(OC)c2)nn1-c1ccc(F)cc1. The lowest BCUT2D eigenvalue weighted by Gasteiger charge is -2.08. The fourth-order valence-corrected chi connectivity index (χ4v) is 2.75. The molecule has 0 radical (unpaired) electrons. The number of methoxy groups -OCH3 is 2. The molecule has 0 aliphatic rings. The molecule has 1 heterocycles. The minimum absolute atomic E-state index is 0.262. The number of carbonyl (C=O) groups excluding carboxylic acids is 1. The molecule has 0 atom stereocenters. The number of nitrogens with one attached hydrogen (secondary N) is 1. The molecule has 0 saturated carbocycles. The molecule has 3 rings (SSSR count). The van der Waals surface area contributed by atoms with E-state index in [1.807, 2.05) is 24.3 Å². The molecule has 6 nitrogen and oxygen atoms in total. The van der Waals surface area contributed by atoms with Crippen LogP contribution in [0.1, 0.15) is 16.9 Å². The Kier molecular flexibility index (Phi) is 6.39. The van der Waals surface area contributed by atoms with Gasteiger partial charge in [-0.05, 0) is 48.9 Å². The Morgan fingerprint density at radius 3 is 2.64 bits per heavy atom. The van der Waals surface area contributed by atoms with Gasteiger partial charge in [-0.15, -0.1) is 0 Å². The molecule has 146 valence electrons. The fourth-order valence-electron chi connectivity index (χ4n) is 2.75. The molecule has 2 aromatic carbocycles. The number of hydrogen-bond acceptors (Lipinski definition) is 4. The summed E-state index contributed by atoms with van der Waals surface area (Å²) in [6.07, 6.45) is 0.704. The lowest BCUT2D eigenvalue weighted by molar-refractivity contribution is 0.0941. The smallest absolute Gasteiger partial charge is 0.270 e. The summed E-state index contributed by atoms with van der Waals surface area (Å²) in [6, 6.07) is 15.0. The number of amides is 1. The predicted octanol–water partition coefficient (Wildman–Crippen LogP) is 3.45. The Morgan fingerprint density at radius 2 is 1.93 bits per heavy atom. The molecule has 0 bridgehead atoms. The van der Waals surface area contributed by atoms with E-state index in [1.165, 1.54) is 16.8 Å². The molecule has 0 spiro atoms. The molecule has 0 aliphatic carbocycles. The molecular formula is C21H22FN3O3. The van der Waals surface area contributed by atoms with Crippen LogP contribution in [0.5, 0.6) is 5.75 Å². The third-order valence-electron chi connectivity index (χ3n) is 4.19. The van der Waals surface area contributed by atoms with E-state index < -0.39 is 0 Å². The van der Waals surface area contributed by atoms with Gasteiger partial charge in [-0.1, -0.05) is 12.1 Å². The maximum absolute atomic E-state index is 13.3. The highest BCUT2D eigenvalue weighted by Crippen LogP contribution is 2.25. The summed E-state index contributed by atoms with van der Waals surface area (Å²) in [6.45, 7) is 1.04.